The SMILES string of the molecule is Cc1ccc(NC(=O)N=Cc2c(C)[nH]n(-c3ccc(C)c(C)c3)c2=O)cc1. The molecule has 27 heavy (non-hydrogen) atoms. The van der Waals surface area contributed by atoms with E-state index >= 15 is 0 Å². The van der Waals surface area contributed by atoms with Crippen molar-refractivity contribution in [3.8, 4) is 5.69 Å². The van der Waals surface area contributed by atoms with Gasteiger partial charge >= 0.3 is 6.03 Å². The van der Waals surface area contributed by atoms with Crippen molar-refractivity contribution >= 4 is 17.9 Å². The van der Waals surface area contributed by atoms with Crippen LogP contribution in [0, 0.1) is 27.7 Å². The Kier molecular flexibility index (Phi) is 5.07. The third kappa shape index (κ3) is 4.06. The molecule has 0 aliphatic rings. The van der Waals surface area contributed by atoms with Gasteiger partial charge in [0.25, 0.3) is 5.56 Å². The third-order valence-electron chi connectivity index (χ3n) is 4.48. The molecule has 3 aromatic rings. The van der Waals surface area contributed by atoms with Crippen LogP contribution in [0.4, 0.5) is 10.5 Å². The topological polar surface area (TPSA) is 79.2 Å². The van der Waals surface area contributed by atoms with Gasteiger partial charge in [0.15, 0.2) is 0 Å². The van der Waals surface area contributed by atoms with E-state index in [0.29, 0.717) is 16.9 Å². The van der Waals surface area contributed by atoms with Crippen LogP contribution >= 0.6 is 0 Å². The average molecular weight is 362 g/mol. The first-order valence-corrected chi connectivity index (χ1v) is 8.66. The van der Waals surface area contributed by atoms with Crippen LogP contribution in [0.2, 0.25) is 0 Å². The van der Waals surface area contributed by atoms with E-state index in [-0.39, 0.29) is 5.56 Å². The van der Waals surface area contributed by atoms with Gasteiger partial charge in [0, 0.05) is 17.6 Å². The van der Waals surface area contributed by atoms with Gasteiger partial charge in [0.1, 0.15) is 0 Å². The van der Waals surface area contributed by atoms with Crippen molar-refractivity contribution in [3.63, 3.8) is 0 Å². The van der Waals surface area contributed by atoms with E-state index in [9.17, 15) is 9.59 Å². The van der Waals surface area contributed by atoms with Gasteiger partial charge in [0.2, 0.25) is 0 Å². The Morgan fingerprint density at radius 1 is 1.04 bits per heavy atom. The molecule has 0 radical (unpaired) electrons. The standard InChI is InChI=1S/C21H22N4O2/c1-13-5-8-17(9-6-13)23-21(27)22-12-19-16(4)24-25(20(19)26)18-10-7-14(2)15(3)11-18/h5-12,24H,1-4H3,(H,23,27). The molecule has 2 aromatic carbocycles. The number of nitrogens with zero attached hydrogens (tertiary/aromatic N) is 2. The van der Waals surface area contributed by atoms with Crippen molar-refractivity contribution in [2.75, 3.05) is 5.32 Å². The summed E-state index contributed by atoms with van der Waals surface area (Å²) in [6.07, 6.45) is 1.30. The van der Waals surface area contributed by atoms with Crippen molar-refractivity contribution in [1.82, 2.24) is 9.78 Å². The van der Waals surface area contributed by atoms with Crippen molar-refractivity contribution in [2.45, 2.75) is 27.7 Å². The maximum absolute atomic E-state index is 12.7. The number of carbonyl (C=O) groups is 1. The van der Waals surface area contributed by atoms with E-state index in [2.05, 4.69) is 15.4 Å². The molecule has 6 heteroatoms. The number of amides is 2. The summed E-state index contributed by atoms with van der Waals surface area (Å²) in [5.41, 5.74) is 5.51. The second-order valence-corrected chi connectivity index (χ2v) is 6.61. The Hall–Kier alpha value is -3.41. The summed E-state index contributed by atoms with van der Waals surface area (Å²) in [5.74, 6) is 0. The Morgan fingerprint density at radius 3 is 2.41 bits per heavy atom. The number of anilines is 1. The smallest absolute Gasteiger partial charge is 0.306 e. The number of benzene rings is 2. The Morgan fingerprint density at radius 2 is 1.74 bits per heavy atom. The summed E-state index contributed by atoms with van der Waals surface area (Å²) < 4.78 is 1.46. The van der Waals surface area contributed by atoms with Crippen molar-refractivity contribution in [3.05, 3.63) is 80.8 Å². The number of hydrogen-bond donors (Lipinski definition) is 2. The average Bonchev–Trinajstić information content (AvgIpc) is 2.92. The minimum absolute atomic E-state index is 0.248. The molecule has 0 bridgehead atoms. The van der Waals surface area contributed by atoms with E-state index in [1.54, 1.807) is 19.1 Å². The van der Waals surface area contributed by atoms with E-state index in [4.69, 9.17) is 0 Å². The molecule has 0 spiro atoms. The lowest BCUT2D eigenvalue weighted by Crippen LogP contribution is -2.18. The molecule has 2 amide bonds. The summed E-state index contributed by atoms with van der Waals surface area (Å²) in [7, 11) is 0. The summed E-state index contributed by atoms with van der Waals surface area (Å²) in [6.45, 7) is 7.77. The first-order valence-electron chi connectivity index (χ1n) is 8.66. The number of aromatic nitrogens is 2. The predicted octanol–water partition coefficient (Wildman–Crippen LogP) is 4.05. The van der Waals surface area contributed by atoms with E-state index in [1.165, 1.54) is 10.9 Å². The van der Waals surface area contributed by atoms with Gasteiger partial charge in [0.05, 0.1) is 11.3 Å². The molecule has 0 saturated carbocycles. The third-order valence-corrected chi connectivity index (χ3v) is 4.48. The monoisotopic (exact) mass is 362 g/mol. The van der Waals surface area contributed by atoms with Gasteiger partial charge in [-0.3, -0.25) is 9.89 Å². The second kappa shape index (κ2) is 7.45. The molecule has 1 aromatic heterocycles. The highest BCUT2D eigenvalue weighted by atomic mass is 16.2. The highest BCUT2D eigenvalue weighted by Gasteiger charge is 2.12. The molecule has 0 fully saturated rings. The largest absolute Gasteiger partial charge is 0.345 e. The van der Waals surface area contributed by atoms with Crippen LogP contribution < -0.4 is 10.9 Å². The molecule has 0 atom stereocenters. The zero-order valence-electron chi connectivity index (χ0n) is 15.8. The normalized spacial score (nSPS) is 11.1. The van der Waals surface area contributed by atoms with Crippen LogP contribution in [0.3, 0.4) is 0 Å². The number of H-pyrrole nitrogens is 1. The van der Waals surface area contributed by atoms with E-state index in [1.807, 2.05) is 51.1 Å². The quantitative estimate of drug-likeness (QED) is 0.689. The molecule has 138 valence electrons. The fourth-order valence-electron chi connectivity index (χ4n) is 2.67. The molecule has 0 aliphatic heterocycles. The van der Waals surface area contributed by atoms with Gasteiger partial charge in [-0.2, -0.15) is 0 Å². The fourth-order valence-corrected chi connectivity index (χ4v) is 2.67. The van der Waals surface area contributed by atoms with Crippen LogP contribution in [-0.2, 0) is 0 Å². The number of nitrogens with one attached hydrogen (secondary N) is 2. The zero-order valence-corrected chi connectivity index (χ0v) is 15.8. The fraction of sp³-hybridized carbons (Fsp3) is 0.190. The predicted molar refractivity (Wildman–Crippen MR) is 108 cm³/mol. The number of carbonyl (C=O) groups excluding carboxylic acids is 1. The van der Waals surface area contributed by atoms with Crippen LogP contribution in [-0.4, -0.2) is 22.0 Å². The number of aryl methyl sites for hydroxylation is 4. The van der Waals surface area contributed by atoms with Crippen molar-refractivity contribution in [1.29, 1.82) is 0 Å². The van der Waals surface area contributed by atoms with Gasteiger partial charge in [-0.15, -0.1) is 0 Å². The highest BCUT2D eigenvalue weighted by molar-refractivity contribution is 5.98. The van der Waals surface area contributed by atoms with Gasteiger partial charge in [-0.25, -0.2) is 14.5 Å². The minimum atomic E-state index is -0.531. The number of rotatable bonds is 3. The van der Waals surface area contributed by atoms with Gasteiger partial charge < -0.3 is 5.32 Å². The Balaban J connectivity index is 1.83. The first-order chi connectivity index (χ1) is 12.8. The molecule has 0 unspecified atom stereocenters. The number of aromatic amines is 1. The Labute approximate surface area is 157 Å². The van der Waals surface area contributed by atoms with Crippen LogP contribution in [0.5, 0.6) is 0 Å². The van der Waals surface area contributed by atoms with Gasteiger partial charge in [-0.1, -0.05) is 23.8 Å². The minimum Gasteiger partial charge on any atom is -0.306 e. The number of hydrogen-bond acceptors (Lipinski definition) is 2. The molecule has 0 saturated heterocycles. The maximum Gasteiger partial charge on any atom is 0.345 e. The number of urea groups is 1. The molecule has 6 nitrogen and oxygen atoms in total. The van der Waals surface area contributed by atoms with E-state index < -0.39 is 6.03 Å². The lowest BCUT2D eigenvalue weighted by atomic mass is 10.1. The molecule has 1 heterocycles. The van der Waals surface area contributed by atoms with Crippen molar-refractivity contribution < 1.29 is 4.79 Å². The van der Waals surface area contributed by atoms with E-state index in [0.717, 1.165) is 22.4 Å². The van der Waals surface area contributed by atoms with Crippen LogP contribution in [0.15, 0.2) is 52.3 Å². The Bertz CT molecular complexity index is 1070. The molecule has 3 rings (SSSR count). The maximum atomic E-state index is 12.7. The van der Waals surface area contributed by atoms with Crippen LogP contribution in [0.25, 0.3) is 5.69 Å². The lowest BCUT2D eigenvalue weighted by molar-refractivity contribution is 0.259. The molecular formula is C21H22N4O2. The summed E-state index contributed by atoms with van der Waals surface area (Å²) in [4.78, 5) is 28.6. The molecular weight excluding hydrogens is 340 g/mol. The number of aliphatic imine (C=N–C) groups is 1. The summed E-state index contributed by atoms with van der Waals surface area (Å²) in [5, 5.41) is 5.71. The highest BCUT2D eigenvalue weighted by Crippen LogP contribution is 2.13. The van der Waals surface area contributed by atoms with Crippen LogP contribution in [0.1, 0.15) is 27.9 Å². The lowest BCUT2D eigenvalue weighted by Gasteiger charge is -2.05. The summed E-state index contributed by atoms with van der Waals surface area (Å²) >= 11 is 0. The first kappa shape index (κ1) is 18.4. The molecule has 0 aliphatic carbocycles. The van der Waals surface area contributed by atoms with Gasteiger partial charge in [-0.05, 0) is 63.1 Å². The zero-order chi connectivity index (χ0) is 19.6. The second-order valence-electron chi connectivity index (χ2n) is 6.61. The molecule has 2 N–H and O–H groups in total. The van der Waals surface area contributed by atoms with Crippen molar-refractivity contribution in [2.24, 2.45) is 4.99 Å². The summed E-state index contributed by atoms with van der Waals surface area (Å²) in [6, 6.07) is 12.7.